The van der Waals surface area contributed by atoms with Gasteiger partial charge < -0.3 is 0 Å². The van der Waals surface area contributed by atoms with E-state index >= 15 is 0 Å². The van der Waals surface area contributed by atoms with Gasteiger partial charge in [0.1, 0.15) is 0 Å². The Morgan fingerprint density at radius 2 is 1.27 bits per heavy atom. The fraction of sp³-hybridized carbons (Fsp3) is 0.115. The van der Waals surface area contributed by atoms with E-state index in [0.29, 0.717) is 0 Å². The average molecular weight is 482 g/mol. The summed E-state index contributed by atoms with van der Waals surface area (Å²) in [5.41, 5.74) is 8.66. The van der Waals surface area contributed by atoms with Crippen molar-refractivity contribution in [2.75, 3.05) is 0 Å². The summed E-state index contributed by atoms with van der Waals surface area (Å²) in [6.45, 7) is 4.62. The van der Waals surface area contributed by atoms with Gasteiger partial charge in [0.25, 0.3) is 0 Å². The monoisotopic (exact) mass is 481 g/mol. The van der Waals surface area contributed by atoms with Crippen molar-refractivity contribution >= 4 is 11.6 Å². The molecule has 0 saturated heterocycles. The summed E-state index contributed by atoms with van der Waals surface area (Å²) in [6, 6.07) is 32.1. The summed E-state index contributed by atoms with van der Waals surface area (Å²) in [7, 11) is -4.94. The zero-order valence-electron chi connectivity index (χ0n) is 18.0. The van der Waals surface area contributed by atoms with E-state index in [1.807, 2.05) is 12.1 Å². The normalized spacial score (nSPS) is 13.5. The van der Waals surface area contributed by atoms with Crippen molar-refractivity contribution in [3.8, 4) is 28.1 Å². The third-order valence-electron chi connectivity index (χ3n) is 5.77. The van der Waals surface area contributed by atoms with E-state index in [-0.39, 0.29) is 5.41 Å². The van der Waals surface area contributed by atoms with Crippen LogP contribution < -0.4 is 23.2 Å². The van der Waals surface area contributed by atoms with Crippen LogP contribution in [0.15, 0.2) is 91.0 Å². The first-order valence-electron chi connectivity index (χ1n) is 10.2. The number of benzene rings is 3. The Morgan fingerprint density at radius 1 is 0.697 bits per heavy atom. The second-order valence-electron chi connectivity index (χ2n) is 8.24. The van der Waals surface area contributed by atoms with Gasteiger partial charge in [-0.25, -0.2) is 18.6 Å². The first-order chi connectivity index (χ1) is 15.6. The number of aromatic nitrogens is 1. The standard InChI is InChI=1S/C26H21ClN.ClHO4/c1-26(2)22-10-6-7-11-23(22)28-24(19-12-14-21(27)15-13-19)16-20(17-25(26)28)18-8-4-3-5-9-18;2-1(3,4)5/h3-17H,1-2H3;(H,2,3,4,5)/q+1;/p-1. The first kappa shape index (κ1) is 23.4. The third-order valence-corrected chi connectivity index (χ3v) is 6.02. The van der Waals surface area contributed by atoms with Crippen LogP contribution in [0.5, 0.6) is 0 Å². The molecule has 4 aromatic rings. The number of para-hydroxylation sites is 1. The molecular formula is C26H21Cl2NO4. The Balaban J connectivity index is 0.000000471. The molecule has 0 N–H and O–H groups in total. The Morgan fingerprint density at radius 3 is 1.91 bits per heavy atom. The van der Waals surface area contributed by atoms with Gasteiger partial charge in [-0.2, -0.15) is 4.57 Å². The van der Waals surface area contributed by atoms with E-state index in [9.17, 15) is 0 Å². The van der Waals surface area contributed by atoms with E-state index < -0.39 is 10.2 Å². The van der Waals surface area contributed by atoms with Crippen molar-refractivity contribution in [3.63, 3.8) is 0 Å². The van der Waals surface area contributed by atoms with Crippen LogP contribution in [0.25, 0.3) is 28.1 Å². The van der Waals surface area contributed by atoms with Crippen molar-refractivity contribution in [1.82, 2.24) is 0 Å². The highest BCUT2D eigenvalue weighted by Gasteiger charge is 2.45. The second kappa shape index (κ2) is 8.88. The van der Waals surface area contributed by atoms with Crippen LogP contribution in [0, 0.1) is 10.2 Å². The molecule has 5 nitrogen and oxygen atoms in total. The van der Waals surface area contributed by atoms with Crippen LogP contribution in [-0.2, 0) is 5.41 Å². The van der Waals surface area contributed by atoms with Crippen LogP contribution in [-0.4, -0.2) is 0 Å². The topological polar surface area (TPSA) is 96.1 Å². The highest BCUT2D eigenvalue weighted by atomic mass is 35.7. The third kappa shape index (κ3) is 4.94. The van der Waals surface area contributed by atoms with Gasteiger partial charge in [0, 0.05) is 34.3 Å². The van der Waals surface area contributed by atoms with Crippen molar-refractivity contribution in [2.45, 2.75) is 19.3 Å². The minimum Gasteiger partial charge on any atom is -0.222 e. The highest BCUT2D eigenvalue weighted by molar-refractivity contribution is 6.30. The Kier molecular flexibility index (Phi) is 6.29. The largest absolute Gasteiger partial charge is 0.222 e. The molecule has 3 aromatic carbocycles. The Labute approximate surface area is 199 Å². The summed E-state index contributed by atoms with van der Waals surface area (Å²) < 4.78 is 36.4. The van der Waals surface area contributed by atoms with E-state index in [1.54, 1.807) is 0 Å². The minimum absolute atomic E-state index is 0.0669. The smallest absolute Gasteiger partial charge is 0.219 e. The summed E-state index contributed by atoms with van der Waals surface area (Å²) in [5, 5.41) is 0.755. The predicted octanol–water partition coefficient (Wildman–Crippen LogP) is 1.83. The van der Waals surface area contributed by atoms with Crippen molar-refractivity contribution in [2.24, 2.45) is 0 Å². The molecule has 0 spiro atoms. The molecule has 0 unspecified atom stereocenters. The molecule has 1 aliphatic rings. The van der Waals surface area contributed by atoms with Gasteiger partial charge in [0.05, 0.1) is 5.41 Å². The quantitative estimate of drug-likeness (QED) is 0.408. The molecule has 0 saturated carbocycles. The molecule has 0 atom stereocenters. The Hall–Kier alpha value is -2.77. The van der Waals surface area contributed by atoms with Crippen molar-refractivity contribution in [3.05, 3.63) is 107 Å². The average Bonchev–Trinajstić information content (AvgIpc) is 3.01. The number of fused-ring (bicyclic) bond motifs is 3. The van der Waals surface area contributed by atoms with Gasteiger partial charge in [-0.05, 0) is 49.2 Å². The molecule has 168 valence electrons. The molecule has 0 aliphatic carbocycles. The molecular weight excluding hydrogens is 461 g/mol. The second-order valence-corrected chi connectivity index (χ2v) is 9.44. The maximum atomic E-state index is 8.49. The Bertz CT molecular complexity index is 1280. The van der Waals surface area contributed by atoms with Crippen LogP contribution in [0.4, 0.5) is 0 Å². The lowest BCUT2D eigenvalue weighted by atomic mass is 9.82. The van der Waals surface area contributed by atoms with Crippen LogP contribution in [0.1, 0.15) is 25.1 Å². The molecule has 33 heavy (non-hydrogen) atoms. The van der Waals surface area contributed by atoms with Gasteiger partial charge in [-0.1, -0.05) is 60.1 Å². The van der Waals surface area contributed by atoms with Crippen LogP contribution in [0.3, 0.4) is 0 Å². The molecule has 2 heterocycles. The summed E-state index contributed by atoms with van der Waals surface area (Å²) >= 11 is 6.16. The SMILES string of the molecule is CC1(C)c2ccccc2-[n+]2c(-c3ccc(Cl)cc3)cc(-c3ccccc3)cc21.[O-][Cl+3]([O-])([O-])[O-]. The summed E-state index contributed by atoms with van der Waals surface area (Å²) in [5.74, 6) is 0. The first-order valence-corrected chi connectivity index (χ1v) is 11.8. The van der Waals surface area contributed by atoms with Gasteiger partial charge >= 0.3 is 0 Å². The van der Waals surface area contributed by atoms with Gasteiger partial charge in [0.15, 0.2) is 5.69 Å². The predicted molar refractivity (Wildman–Crippen MR) is 116 cm³/mol. The van der Waals surface area contributed by atoms with Gasteiger partial charge in [-0.15, -0.1) is 10.2 Å². The maximum absolute atomic E-state index is 8.49. The fourth-order valence-corrected chi connectivity index (χ4v) is 4.41. The number of halogens is 2. The van der Waals surface area contributed by atoms with E-state index in [4.69, 9.17) is 30.2 Å². The number of pyridine rings is 1. The summed E-state index contributed by atoms with van der Waals surface area (Å²) in [6.07, 6.45) is 0. The van der Waals surface area contributed by atoms with Gasteiger partial charge in [0.2, 0.25) is 11.4 Å². The molecule has 0 radical (unpaired) electrons. The summed E-state index contributed by atoms with van der Waals surface area (Å²) in [4.78, 5) is 0. The molecule has 5 rings (SSSR count). The number of nitrogens with zero attached hydrogens (tertiary/aromatic N) is 1. The van der Waals surface area contributed by atoms with Crippen molar-refractivity contribution < 1.29 is 33.4 Å². The molecule has 0 amide bonds. The number of hydrogen-bond acceptors (Lipinski definition) is 4. The van der Waals surface area contributed by atoms with Gasteiger partial charge in [-0.3, -0.25) is 0 Å². The molecule has 0 fully saturated rings. The zero-order valence-corrected chi connectivity index (χ0v) is 19.5. The van der Waals surface area contributed by atoms with E-state index in [1.165, 1.54) is 33.8 Å². The van der Waals surface area contributed by atoms with Crippen LogP contribution >= 0.6 is 11.6 Å². The van der Waals surface area contributed by atoms with E-state index in [0.717, 1.165) is 10.6 Å². The zero-order chi connectivity index (χ0) is 23.8. The van der Waals surface area contributed by atoms with Crippen LogP contribution in [0.2, 0.25) is 5.02 Å². The lowest BCUT2D eigenvalue weighted by molar-refractivity contribution is -2.00. The fourth-order valence-electron chi connectivity index (χ4n) is 4.28. The molecule has 1 aliphatic heterocycles. The number of hydrogen-bond donors (Lipinski definition) is 0. The molecule has 0 bridgehead atoms. The molecule has 1 aromatic heterocycles. The lowest BCUT2D eigenvalue weighted by Crippen LogP contribution is -2.68. The minimum atomic E-state index is -4.94. The maximum Gasteiger partial charge on any atom is 0.219 e. The number of rotatable bonds is 2. The highest BCUT2D eigenvalue weighted by Crippen LogP contribution is 2.41. The van der Waals surface area contributed by atoms with Crippen molar-refractivity contribution in [1.29, 1.82) is 0 Å². The molecule has 7 heteroatoms. The van der Waals surface area contributed by atoms with E-state index in [2.05, 4.69) is 97.3 Å². The lowest BCUT2D eigenvalue weighted by Gasteiger charge is -2.17.